The van der Waals surface area contributed by atoms with Gasteiger partial charge in [-0.3, -0.25) is 24.0 Å². The van der Waals surface area contributed by atoms with Gasteiger partial charge in [0.2, 0.25) is 0 Å². The van der Waals surface area contributed by atoms with Crippen molar-refractivity contribution in [3.63, 3.8) is 0 Å². The Kier molecular flexibility index (Phi) is 9.30. The van der Waals surface area contributed by atoms with Gasteiger partial charge in [-0.25, -0.2) is 4.79 Å². The Balaban J connectivity index is 2.18. The Hall–Kier alpha value is -4.04. The molecule has 14 heteroatoms. The molecule has 1 heterocycles. The van der Waals surface area contributed by atoms with Crippen molar-refractivity contribution >= 4 is 35.8 Å². The predicted molar refractivity (Wildman–Crippen MR) is 154 cm³/mol. The Morgan fingerprint density at radius 1 is 0.739 bits per heavy atom. The van der Waals surface area contributed by atoms with Gasteiger partial charge < -0.3 is 38.3 Å². The van der Waals surface area contributed by atoms with Crippen molar-refractivity contribution in [2.45, 2.75) is 109 Å². The van der Waals surface area contributed by atoms with Gasteiger partial charge in [-0.15, -0.1) is 0 Å². The third-order valence-electron chi connectivity index (χ3n) is 9.01. The molecule has 1 aliphatic heterocycles. The van der Waals surface area contributed by atoms with Gasteiger partial charge in [0.25, 0.3) is 0 Å². The van der Waals surface area contributed by atoms with Crippen molar-refractivity contribution in [1.29, 1.82) is 0 Å². The molecule has 1 spiro atoms. The van der Waals surface area contributed by atoms with E-state index in [2.05, 4.69) is 0 Å². The number of carbonyl (C=O) groups excluding carboxylic acids is 6. The van der Waals surface area contributed by atoms with Gasteiger partial charge in [0, 0.05) is 41.0 Å². The zero-order valence-corrected chi connectivity index (χ0v) is 27.0. The molecule has 1 aromatic carbocycles. The number of hydrogen-bond acceptors (Lipinski definition) is 14. The van der Waals surface area contributed by atoms with E-state index in [9.17, 15) is 33.9 Å². The first-order chi connectivity index (χ1) is 21.3. The highest BCUT2D eigenvalue weighted by Gasteiger charge is 2.89. The molecule has 2 saturated carbocycles. The number of hydrogen-bond donors (Lipinski definition) is 1. The highest BCUT2D eigenvalue weighted by atomic mass is 16.7. The fourth-order valence-electron chi connectivity index (χ4n) is 7.81. The van der Waals surface area contributed by atoms with E-state index in [0.717, 1.165) is 34.6 Å². The van der Waals surface area contributed by atoms with E-state index in [1.54, 1.807) is 32.0 Å². The number of rotatable bonds is 8. The summed E-state index contributed by atoms with van der Waals surface area (Å²) in [7, 11) is 0. The molecule has 2 aliphatic carbocycles. The summed E-state index contributed by atoms with van der Waals surface area (Å²) in [6.07, 6.45) is -8.28. The summed E-state index contributed by atoms with van der Waals surface area (Å²) in [6.45, 7) is 9.26. The number of esters is 6. The molecule has 3 fully saturated rings. The smallest absolute Gasteiger partial charge is 0.338 e. The molecule has 0 radical (unpaired) electrons. The first-order valence-corrected chi connectivity index (χ1v) is 14.8. The molecule has 4 rings (SSSR count). The quantitative estimate of drug-likeness (QED) is 0.318. The third kappa shape index (κ3) is 5.72. The average molecular weight is 649 g/mol. The second kappa shape index (κ2) is 12.3. The highest BCUT2D eigenvalue weighted by Crippen LogP contribution is 2.69. The lowest BCUT2D eigenvalue weighted by atomic mass is 9.45. The largest absolute Gasteiger partial charge is 0.465 e. The Bertz CT molecular complexity index is 1400. The van der Waals surface area contributed by atoms with Crippen LogP contribution in [0.5, 0.6) is 0 Å². The summed E-state index contributed by atoms with van der Waals surface area (Å²) < 4.78 is 41.9. The second-order valence-corrected chi connectivity index (χ2v) is 12.7. The standard InChI is InChI=1S/C32H40O14/c1-16(33)40-15-31-25(43-19(4)36)22(41-17(2)34)14-30(8,39)32(31)26(44-20(5)37)23(29(6,7)46-32)24(42-18(3)35)27(31)45-28(38)21-12-10-9-11-13-21/h9-13,22-27,39H,14-15H2,1-8H3/t22-,23+,24+,25+,26+,27-,30+,31+,32-/m0/s1. The van der Waals surface area contributed by atoms with Crippen LogP contribution in [0.15, 0.2) is 30.3 Å². The molecule has 46 heavy (non-hydrogen) atoms. The van der Waals surface area contributed by atoms with E-state index in [0.29, 0.717) is 0 Å². The molecular formula is C32H40O14. The van der Waals surface area contributed by atoms with Crippen LogP contribution in [0.3, 0.4) is 0 Å². The fraction of sp³-hybridized carbons (Fsp3) is 0.625. The van der Waals surface area contributed by atoms with Crippen molar-refractivity contribution < 1.29 is 67.0 Å². The van der Waals surface area contributed by atoms with Crippen molar-refractivity contribution in [3.8, 4) is 0 Å². The van der Waals surface area contributed by atoms with Crippen LogP contribution in [0.2, 0.25) is 0 Å². The number of ether oxygens (including phenoxy) is 7. The molecule has 1 saturated heterocycles. The van der Waals surface area contributed by atoms with Crippen LogP contribution < -0.4 is 0 Å². The second-order valence-electron chi connectivity index (χ2n) is 12.7. The van der Waals surface area contributed by atoms with Crippen LogP contribution in [0.4, 0.5) is 0 Å². The monoisotopic (exact) mass is 648 g/mol. The van der Waals surface area contributed by atoms with Gasteiger partial charge in [0.05, 0.1) is 22.7 Å². The van der Waals surface area contributed by atoms with Gasteiger partial charge in [-0.1, -0.05) is 18.2 Å². The lowest BCUT2D eigenvalue weighted by Crippen LogP contribution is -2.85. The SMILES string of the molecule is CC(=O)OC[C@]12[C@H](OC(C)=O)[C@@H](OC(C)=O)C[C@@](C)(O)[C@]13OC(C)(C)[C@H]([C@@H](OC(C)=O)[C@@H]2OC(=O)c1ccccc1)[C@H]3OC(C)=O. The normalized spacial score (nSPS) is 35.5. The predicted octanol–water partition coefficient (Wildman–Crippen LogP) is 1.82. The minimum atomic E-state index is -2.25. The van der Waals surface area contributed by atoms with E-state index in [1.165, 1.54) is 19.1 Å². The molecule has 2 bridgehead atoms. The van der Waals surface area contributed by atoms with Gasteiger partial charge in [0.1, 0.15) is 30.3 Å². The number of carbonyl (C=O) groups is 6. The summed E-state index contributed by atoms with van der Waals surface area (Å²) in [5.41, 5.74) is -7.92. The molecule has 0 aromatic heterocycles. The molecule has 14 nitrogen and oxygen atoms in total. The molecule has 1 aromatic rings. The maximum absolute atomic E-state index is 13.8. The van der Waals surface area contributed by atoms with E-state index in [-0.39, 0.29) is 5.56 Å². The number of benzene rings is 1. The number of aliphatic hydroxyl groups is 1. The van der Waals surface area contributed by atoms with E-state index in [1.807, 2.05) is 0 Å². The van der Waals surface area contributed by atoms with Gasteiger partial charge >= 0.3 is 35.8 Å². The molecular weight excluding hydrogens is 608 g/mol. The number of fused-ring (bicyclic) bond motifs is 1. The first-order valence-electron chi connectivity index (χ1n) is 14.8. The molecule has 0 unspecified atom stereocenters. The Morgan fingerprint density at radius 3 is 1.80 bits per heavy atom. The van der Waals surface area contributed by atoms with Crippen molar-refractivity contribution in [1.82, 2.24) is 0 Å². The topological polar surface area (TPSA) is 187 Å². The van der Waals surface area contributed by atoms with Crippen LogP contribution in [-0.2, 0) is 57.1 Å². The highest BCUT2D eigenvalue weighted by molar-refractivity contribution is 5.89. The summed E-state index contributed by atoms with van der Waals surface area (Å²) >= 11 is 0. The zero-order valence-electron chi connectivity index (χ0n) is 27.0. The van der Waals surface area contributed by atoms with E-state index >= 15 is 0 Å². The minimum Gasteiger partial charge on any atom is -0.465 e. The fourth-order valence-corrected chi connectivity index (χ4v) is 7.81. The van der Waals surface area contributed by atoms with Crippen LogP contribution in [-0.4, -0.2) is 94.9 Å². The lowest BCUT2D eigenvalue weighted by molar-refractivity contribution is -0.363. The molecule has 3 aliphatic rings. The summed E-state index contributed by atoms with van der Waals surface area (Å²) in [5, 5.41) is 12.5. The third-order valence-corrected chi connectivity index (χ3v) is 9.01. The van der Waals surface area contributed by atoms with Crippen LogP contribution in [0.1, 0.15) is 72.2 Å². The molecule has 0 amide bonds. The molecule has 9 atom stereocenters. The van der Waals surface area contributed by atoms with Gasteiger partial charge in [-0.05, 0) is 32.9 Å². The van der Waals surface area contributed by atoms with E-state index in [4.69, 9.17) is 33.2 Å². The van der Waals surface area contributed by atoms with Crippen molar-refractivity contribution in [2.75, 3.05) is 6.61 Å². The Morgan fingerprint density at radius 2 is 1.28 bits per heavy atom. The zero-order chi connectivity index (χ0) is 34.4. The summed E-state index contributed by atoms with van der Waals surface area (Å²) in [4.78, 5) is 77.1. The first kappa shape index (κ1) is 34.8. The van der Waals surface area contributed by atoms with Gasteiger partial charge in [-0.2, -0.15) is 0 Å². The average Bonchev–Trinajstić information content (AvgIpc) is 3.12. The Labute approximate surface area is 265 Å². The van der Waals surface area contributed by atoms with Gasteiger partial charge in [0.15, 0.2) is 17.8 Å². The lowest BCUT2D eigenvalue weighted by Gasteiger charge is -2.66. The van der Waals surface area contributed by atoms with Crippen molar-refractivity contribution in [2.24, 2.45) is 11.3 Å². The molecule has 1 N–H and O–H groups in total. The summed E-state index contributed by atoms with van der Waals surface area (Å²) in [5.74, 6) is -6.19. The molecule has 252 valence electrons. The minimum absolute atomic E-state index is 0.0820. The van der Waals surface area contributed by atoms with Crippen LogP contribution in [0.25, 0.3) is 0 Å². The summed E-state index contributed by atoms with van der Waals surface area (Å²) in [6, 6.07) is 7.80. The maximum Gasteiger partial charge on any atom is 0.338 e. The van der Waals surface area contributed by atoms with E-state index < -0.39 is 107 Å². The van der Waals surface area contributed by atoms with Crippen LogP contribution >= 0.6 is 0 Å². The van der Waals surface area contributed by atoms with Crippen molar-refractivity contribution in [3.05, 3.63) is 35.9 Å². The van der Waals surface area contributed by atoms with Crippen LogP contribution in [0, 0.1) is 11.3 Å². The maximum atomic E-state index is 13.8.